The summed E-state index contributed by atoms with van der Waals surface area (Å²) in [6.07, 6.45) is 2.63. The van der Waals surface area contributed by atoms with Gasteiger partial charge in [-0.15, -0.1) is 0 Å². The highest BCUT2D eigenvalue weighted by atomic mass is 16.7. The van der Waals surface area contributed by atoms with Crippen LogP contribution in [0, 0.1) is 0 Å². The van der Waals surface area contributed by atoms with Crippen LogP contribution in [-0.4, -0.2) is 28.1 Å². The maximum Gasteiger partial charge on any atom is 0.357 e. The predicted molar refractivity (Wildman–Crippen MR) is 86.6 cm³/mol. The lowest BCUT2D eigenvalue weighted by atomic mass is 10.2. The van der Waals surface area contributed by atoms with E-state index in [0.29, 0.717) is 22.8 Å². The maximum atomic E-state index is 10.9. The number of carbonyl (C=O) groups is 1. The summed E-state index contributed by atoms with van der Waals surface area (Å²) < 4.78 is 5.19. The van der Waals surface area contributed by atoms with Crippen LogP contribution in [-0.2, 0) is 0 Å². The number of carboxylic acid groups (broad SMARTS) is 1. The third-order valence-electron chi connectivity index (χ3n) is 3.19. The van der Waals surface area contributed by atoms with E-state index < -0.39 is 5.97 Å². The molecule has 3 aromatic rings. The smallest absolute Gasteiger partial charge is 0.357 e. The average Bonchev–Trinajstić information content (AvgIpc) is 3.07. The van der Waals surface area contributed by atoms with Gasteiger partial charge in [-0.1, -0.05) is 12.1 Å². The van der Waals surface area contributed by atoms with Crippen LogP contribution < -0.4 is 15.6 Å². The van der Waals surface area contributed by atoms with Gasteiger partial charge in [0.15, 0.2) is 17.3 Å². The molecule has 3 rings (SSSR count). The van der Waals surface area contributed by atoms with Crippen molar-refractivity contribution in [1.29, 1.82) is 0 Å². The van der Waals surface area contributed by atoms with E-state index in [9.17, 15) is 4.79 Å². The first kappa shape index (κ1) is 15.3. The van der Waals surface area contributed by atoms with Gasteiger partial charge in [0.05, 0.1) is 5.69 Å². The van der Waals surface area contributed by atoms with Crippen molar-refractivity contribution in [3.8, 4) is 17.2 Å². The first-order valence-electron chi connectivity index (χ1n) is 6.96. The minimum absolute atomic E-state index is 0.162. The van der Waals surface area contributed by atoms with Crippen LogP contribution in [0.4, 0.5) is 11.5 Å². The summed E-state index contributed by atoms with van der Waals surface area (Å²) in [5.74, 6) is 0.00489. The van der Waals surface area contributed by atoms with E-state index in [-0.39, 0.29) is 11.6 Å². The van der Waals surface area contributed by atoms with Gasteiger partial charge in [0, 0.05) is 18.8 Å². The van der Waals surface area contributed by atoms with Gasteiger partial charge in [-0.05, 0) is 24.3 Å². The van der Waals surface area contributed by atoms with Crippen LogP contribution in [0.1, 0.15) is 10.5 Å². The molecule has 8 nitrogen and oxygen atoms in total. The zero-order chi connectivity index (χ0) is 17.1. The molecule has 0 aliphatic rings. The lowest BCUT2D eigenvalue weighted by molar-refractivity contribution is 0.0690. The predicted octanol–water partition coefficient (Wildman–Crippen LogP) is 2.45. The number of anilines is 2. The number of benzene rings is 1. The van der Waals surface area contributed by atoms with E-state index in [1.165, 1.54) is 5.06 Å². The number of pyridine rings is 1. The monoisotopic (exact) mass is 326 g/mol. The van der Waals surface area contributed by atoms with Gasteiger partial charge < -0.3 is 20.1 Å². The topological polar surface area (TPSA) is 115 Å². The number of hydrogen-bond donors (Lipinski definition) is 2. The second kappa shape index (κ2) is 6.29. The van der Waals surface area contributed by atoms with Gasteiger partial charge in [0.2, 0.25) is 5.89 Å². The molecular formula is C16H14N4O4. The summed E-state index contributed by atoms with van der Waals surface area (Å²) in [5.41, 5.74) is 6.76. The molecule has 0 aliphatic carbocycles. The molecule has 0 aliphatic heterocycles. The molecule has 0 atom stereocenters. The van der Waals surface area contributed by atoms with Gasteiger partial charge in [0.25, 0.3) is 0 Å². The number of hydrogen-bond acceptors (Lipinski definition) is 7. The molecule has 0 saturated carbocycles. The zero-order valence-electron chi connectivity index (χ0n) is 12.7. The Kier molecular flexibility index (Phi) is 4.02. The maximum absolute atomic E-state index is 10.9. The summed E-state index contributed by atoms with van der Waals surface area (Å²) in [5, 5.41) is 10.3. The molecule has 0 saturated heterocycles. The average molecular weight is 326 g/mol. The quantitative estimate of drug-likeness (QED) is 0.542. The molecule has 8 heteroatoms. The minimum atomic E-state index is -1.15. The van der Waals surface area contributed by atoms with Crippen LogP contribution in [0.2, 0.25) is 0 Å². The van der Waals surface area contributed by atoms with Crippen molar-refractivity contribution in [3.05, 3.63) is 54.6 Å². The highest BCUT2D eigenvalue weighted by Crippen LogP contribution is 2.25. The number of nitrogens with two attached hydrogens (primary N) is 1. The zero-order valence-corrected chi connectivity index (χ0v) is 12.7. The number of aromatic nitrogens is 2. The fourth-order valence-electron chi connectivity index (χ4n) is 1.99. The Bertz CT molecular complexity index is 878. The number of oxazole rings is 1. The first-order chi connectivity index (χ1) is 11.5. The molecule has 0 amide bonds. The molecule has 24 heavy (non-hydrogen) atoms. The molecule has 2 aromatic heterocycles. The standard InChI is InChI=1S/C16H14N4O4/c1-20(24-13-5-3-2-4-11(13)17)14-8-10(6-7-18-14)15-19-12(9-23-15)16(21)22/h2-9H,17H2,1H3,(H,21,22). The molecule has 0 bridgehead atoms. The number of carboxylic acids is 1. The van der Waals surface area contributed by atoms with E-state index in [1.54, 1.807) is 37.5 Å². The fourth-order valence-corrected chi connectivity index (χ4v) is 1.99. The minimum Gasteiger partial charge on any atom is -0.476 e. The van der Waals surface area contributed by atoms with Crippen LogP contribution in [0.25, 0.3) is 11.5 Å². The Morgan fingerprint density at radius 1 is 1.33 bits per heavy atom. The second-order valence-electron chi connectivity index (χ2n) is 4.87. The third-order valence-corrected chi connectivity index (χ3v) is 3.19. The number of rotatable bonds is 5. The van der Waals surface area contributed by atoms with Gasteiger partial charge in [-0.2, -0.15) is 5.06 Å². The highest BCUT2D eigenvalue weighted by molar-refractivity contribution is 5.85. The molecule has 2 heterocycles. The molecule has 3 N–H and O–H groups in total. The van der Waals surface area contributed by atoms with Crippen LogP contribution in [0.15, 0.2) is 53.3 Å². The van der Waals surface area contributed by atoms with Crippen molar-refractivity contribution in [2.75, 3.05) is 17.8 Å². The van der Waals surface area contributed by atoms with Crippen molar-refractivity contribution in [1.82, 2.24) is 9.97 Å². The molecule has 0 unspecified atom stereocenters. The van der Waals surface area contributed by atoms with Crippen LogP contribution >= 0.6 is 0 Å². The number of nitrogen functional groups attached to an aromatic ring is 1. The lowest BCUT2D eigenvalue weighted by Gasteiger charge is -2.19. The number of aromatic carboxylic acids is 1. The number of nitrogens with zero attached hydrogens (tertiary/aromatic N) is 3. The summed E-state index contributed by atoms with van der Waals surface area (Å²) in [4.78, 5) is 24.7. The van der Waals surface area contributed by atoms with Crippen molar-refractivity contribution in [2.24, 2.45) is 0 Å². The van der Waals surface area contributed by atoms with Gasteiger partial charge in [-0.3, -0.25) is 0 Å². The molecule has 0 spiro atoms. The molecule has 122 valence electrons. The molecular weight excluding hydrogens is 312 g/mol. The van der Waals surface area contributed by atoms with Crippen molar-refractivity contribution < 1.29 is 19.2 Å². The van der Waals surface area contributed by atoms with E-state index in [2.05, 4.69) is 9.97 Å². The molecule has 1 aromatic carbocycles. The summed E-state index contributed by atoms with van der Waals surface area (Å²) >= 11 is 0. The van der Waals surface area contributed by atoms with E-state index in [1.807, 2.05) is 12.1 Å². The van der Waals surface area contributed by atoms with Gasteiger partial charge in [0.1, 0.15) is 6.26 Å². The van der Waals surface area contributed by atoms with E-state index in [4.69, 9.17) is 20.1 Å². The Morgan fingerprint density at radius 2 is 2.12 bits per heavy atom. The van der Waals surface area contributed by atoms with Gasteiger partial charge in [-0.25, -0.2) is 14.8 Å². The van der Waals surface area contributed by atoms with Crippen molar-refractivity contribution in [2.45, 2.75) is 0 Å². The summed E-state index contributed by atoms with van der Waals surface area (Å²) in [6, 6.07) is 10.4. The third kappa shape index (κ3) is 3.12. The van der Waals surface area contributed by atoms with Gasteiger partial charge >= 0.3 is 5.97 Å². The Morgan fingerprint density at radius 3 is 2.83 bits per heavy atom. The Balaban J connectivity index is 1.84. The Labute approximate surface area is 137 Å². The fraction of sp³-hybridized carbons (Fsp3) is 0.0625. The second-order valence-corrected chi connectivity index (χ2v) is 4.87. The summed E-state index contributed by atoms with van der Waals surface area (Å²) in [7, 11) is 1.68. The highest BCUT2D eigenvalue weighted by Gasteiger charge is 2.14. The van der Waals surface area contributed by atoms with E-state index >= 15 is 0 Å². The lowest BCUT2D eigenvalue weighted by Crippen LogP contribution is -2.23. The van der Waals surface area contributed by atoms with Crippen molar-refractivity contribution >= 4 is 17.5 Å². The normalized spacial score (nSPS) is 10.4. The molecule has 0 fully saturated rings. The first-order valence-corrected chi connectivity index (χ1v) is 6.96. The van der Waals surface area contributed by atoms with Crippen LogP contribution in [0.5, 0.6) is 5.75 Å². The SMILES string of the molecule is CN(Oc1ccccc1N)c1cc(-c2nc(C(=O)O)co2)ccn1. The van der Waals surface area contributed by atoms with Crippen LogP contribution in [0.3, 0.4) is 0 Å². The molecule has 0 radical (unpaired) electrons. The van der Waals surface area contributed by atoms with Crippen molar-refractivity contribution in [3.63, 3.8) is 0 Å². The summed E-state index contributed by atoms with van der Waals surface area (Å²) in [6.45, 7) is 0. The Hall–Kier alpha value is -3.55. The number of hydroxylamine groups is 1. The number of para-hydroxylation sites is 2. The largest absolute Gasteiger partial charge is 0.476 e. The van der Waals surface area contributed by atoms with E-state index in [0.717, 1.165) is 6.26 Å².